The van der Waals surface area contributed by atoms with E-state index in [2.05, 4.69) is 16.5 Å². The zero-order chi connectivity index (χ0) is 26.4. The Hall–Kier alpha value is -2.85. The van der Waals surface area contributed by atoms with Crippen molar-refractivity contribution in [2.24, 2.45) is 0 Å². The smallest absolute Gasteiger partial charge is 0.258 e. The lowest BCUT2D eigenvalue weighted by molar-refractivity contribution is 0.0923. The maximum absolute atomic E-state index is 10.3. The van der Waals surface area contributed by atoms with Crippen LogP contribution in [0, 0.1) is 13.8 Å². The predicted molar refractivity (Wildman–Crippen MR) is 140 cm³/mol. The van der Waals surface area contributed by atoms with E-state index in [0.29, 0.717) is 17.6 Å². The molecule has 9 heteroatoms. The monoisotopic (exact) mass is 510 g/mol. The van der Waals surface area contributed by atoms with Crippen molar-refractivity contribution in [1.29, 1.82) is 0 Å². The Balaban J connectivity index is 1.49. The summed E-state index contributed by atoms with van der Waals surface area (Å²) in [5, 5.41) is 35.7. The van der Waals surface area contributed by atoms with E-state index in [1.807, 2.05) is 39.0 Å². The number of ether oxygens (including phenoxy) is 1. The number of hydrogen-bond acceptors (Lipinski definition) is 9. The van der Waals surface area contributed by atoms with Gasteiger partial charge in [-0.2, -0.15) is 4.98 Å². The Morgan fingerprint density at radius 3 is 2.51 bits per heavy atom. The normalized spacial score (nSPS) is 15.0. The van der Waals surface area contributed by atoms with E-state index in [4.69, 9.17) is 29.4 Å². The maximum atomic E-state index is 10.3. The minimum absolute atomic E-state index is 0.0842. The van der Waals surface area contributed by atoms with E-state index < -0.39 is 12.1 Å². The second-order valence-corrected chi connectivity index (χ2v) is 9.90. The van der Waals surface area contributed by atoms with E-state index >= 15 is 0 Å². The molecule has 0 amide bonds. The van der Waals surface area contributed by atoms with Crippen LogP contribution in [0.15, 0.2) is 28.8 Å². The van der Waals surface area contributed by atoms with Crippen LogP contribution in [-0.4, -0.2) is 69.0 Å². The van der Waals surface area contributed by atoms with Crippen LogP contribution in [0.5, 0.6) is 5.75 Å². The maximum Gasteiger partial charge on any atom is 0.258 e. The van der Waals surface area contributed by atoms with Crippen LogP contribution in [0.4, 0.5) is 0 Å². The summed E-state index contributed by atoms with van der Waals surface area (Å²) in [5.41, 5.74) is 5.69. The Morgan fingerprint density at radius 2 is 1.81 bits per heavy atom. The molecule has 0 bridgehead atoms. The third kappa shape index (κ3) is 6.73. The van der Waals surface area contributed by atoms with Crippen molar-refractivity contribution in [1.82, 2.24) is 20.4 Å². The van der Waals surface area contributed by atoms with Crippen molar-refractivity contribution in [3.63, 3.8) is 0 Å². The third-order valence-electron chi connectivity index (χ3n) is 6.91. The van der Waals surface area contributed by atoms with Crippen LogP contribution in [-0.2, 0) is 6.42 Å². The first kappa shape index (κ1) is 27.2. The van der Waals surface area contributed by atoms with Crippen molar-refractivity contribution in [3.05, 3.63) is 46.8 Å². The van der Waals surface area contributed by atoms with Gasteiger partial charge in [0.15, 0.2) is 0 Å². The number of nitrogens with one attached hydrogen (secondary N) is 1. The highest BCUT2D eigenvalue weighted by molar-refractivity contribution is 5.64. The second kappa shape index (κ2) is 12.6. The molecule has 1 aliphatic carbocycles. The van der Waals surface area contributed by atoms with Crippen molar-refractivity contribution in [2.45, 2.75) is 70.9 Å². The van der Waals surface area contributed by atoms with E-state index in [1.165, 1.54) is 25.7 Å². The summed E-state index contributed by atoms with van der Waals surface area (Å²) in [7, 11) is 0. The fourth-order valence-electron chi connectivity index (χ4n) is 4.88. The van der Waals surface area contributed by atoms with Crippen LogP contribution < -0.4 is 10.1 Å². The molecule has 1 aliphatic rings. The number of rotatable bonds is 12. The Kier molecular flexibility index (Phi) is 9.26. The highest BCUT2D eigenvalue weighted by Gasteiger charge is 2.21. The lowest BCUT2D eigenvalue weighted by Gasteiger charge is -2.19. The van der Waals surface area contributed by atoms with Crippen LogP contribution in [0.2, 0.25) is 0 Å². The van der Waals surface area contributed by atoms with E-state index in [9.17, 15) is 5.11 Å². The summed E-state index contributed by atoms with van der Waals surface area (Å²) in [6.07, 6.45) is 4.80. The van der Waals surface area contributed by atoms with E-state index in [1.54, 1.807) is 0 Å². The van der Waals surface area contributed by atoms with Gasteiger partial charge in [0.25, 0.3) is 5.89 Å². The number of aliphatic hydroxyl groups excluding tert-OH is 3. The van der Waals surface area contributed by atoms with Gasteiger partial charge in [-0.25, -0.2) is 0 Å². The molecular weight excluding hydrogens is 472 g/mol. The van der Waals surface area contributed by atoms with Gasteiger partial charge >= 0.3 is 0 Å². The summed E-state index contributed by atoms with van der Waals surface area (Å²) in [6.45, 7) is 5.88. The number of aryl methyl sites for hydroxylation is 3. The van der Waals surface area contributed by atoms with Gasteiger partial charge in [-0.15, -0.1) is 0 Å². The molecule has 0 spiro atoms. The number of aromatic nitrogens is 3. The number of aliphatic hydroxyl groups is 3. The standard InChI is InChI=1S/C28H38N4O5/c1-4-19-11-21(9-17(2)26(19)36-16-24(35)13-29-23(14-33)15-34)27-31-28(37-32-27)22-10-18(3)30-25(12-22)20-7-5-6-8-20/h9-12,20,23-24,29,33-35H,4-8,13-16H2,1-3H3. The molecule has 4 N–H and O–H groups in total. The van der Waals surface area contributed by atoms with Crippen LogP contribution in [0.1, 0.15) is 61.0 Å². The number of pyridine rings is 1. The van der Waals surface area contributed by atoms with Gasteiger partial charge in [0, 0.05) is 35.0 Å². The first-order valence-electron chi connectivity index (χ1n) is 13.1. The SMILES string of the molecule is CCc1cc(-c2noc(-c3cc(C)nc(C4CCCC4)c3)n2)cc(C)c1OCC(O)CNC(CO)CO. The van der Waals surface area contributed by atoms with Gasteiger partial charge in [-0.1, -0.05) is 24.9 Å². The summed E-state index contributed by atoms with van der Waals surface area (Å²) in [5.74, 6) is 2.22. The van der Waals surface area contributed by atoms with Crippen LogP contribution in [0.3, 0.4) is 0 Å². The Labute approximate surface area is 217 Å². The van der Waals surface area contributed by atoms with Gasteiger partial charge in [-0.3, -0.25) is 4.98 Å². The number of benzene rings is 1. The first-order valence-corrected chi connectivity index (χ1v) is 13.1. The highest BCUT2D eigenvalue weighted by Crippen LogP contribution is 2.35. The first-order chi connectivity index (χ1) is 17.9. The molecule has 37 heavy (non-hydrogen) atoms. The van der Waals surface area contributed by atoms with E-state index in [-0.39, 0.29) is 26.4 Å². The highest BCUT2D eigenvalue weighted by atomic mass is 16.5. The van der Waals surface area contributed by atoms with Gasteiger partial charge in [0.05, 0.1) is 19.3 Å². The van der Waals surface area contributed by atoms with Crippen molar-refractivity contribution < 1.29 is 24.6 Å². The Bertz CT molecular complexity index is 1170. The fraction of sp³-hybridized carbons (Fsp3) is 0.536. The van der Waals surface area contributed by atoms with Crippen molar-refractivity contribution in [2.75, 3.05) is 26.4 Å². The molecule has 4 rings (SSSR count). The van der Waals surface area contributed by atoms with Gasteiger partial charge in [0.2, 0.25) is 5.82 Å². The summed E-state index contributed by atoms with van der Waals surface area (Å²) < 4.78 is 11.6. The zero-order valence-electron chi connectivity index (χ0n) is 21.9. The third-order valence-corrected chi connectivity index (χ3v) is 6.91. The molecule has 9 nitrogen and oxygen atoms in total. The number of hydrogen-bond donors (Lipinski definition) is 4. The van der Waals surface area contributed by atoms with Gasteiger partial charge in [-0.05, 0) is 68.5 Å². The second-order valence-electron chi connectivity index (χ2n) is 9.90. The lowest BCUT2D eigenvalue weighted by atomic mass is 10.0. The molecule has 1 atom stereocenters. The molecule has 0 saturated heterocycles. The molecule has 200 valence electrons. The average Bonchev–Trinajstić information content (AvgIpc) is 3.61. The molecule has 2 aromatic heterocycles. The number of nitrogens with zero attached hydrogens (tertiary/aromatic N) is 3. The molecular formula is C28H38N4O5. The van der Waals surface area contributed by atoms with Gasteiger partial charge < -0.3 is 29.9 Å². The summed E-state index contributed by atoms with van der Waals surface area (Å²) in [6, 6.07) is 7.56. The molecule has 1 fully saturated rings. The fourth-order valence-corrected chi connectivity index (χ4v) is 4.88. The molecule has 1 unspecified atom stereocenters. The summed E-state index contributed by atoms with van der Waals surface area (Å²) >= 11 is 0. The minimum Gasteiger partial charge on any atom is -0.490 e. The van der Waals surface area contributed by atoms with E-state index in [0.717, 1.165) is 45.8 Å². The predicted octanol–water partition coefficient (Wildman–Crippen LogP) is 3.32. The van der Waals surface area contributed by atoms with Gasteiger partial charge in [0.1, 0.15) is 18.5 Å². The minimum atomic E-state index is -0.790. The zero-order valence-corrected chi connectivity index (χ0v) is 21.9. The molecule has 2 heterocycles. The van der Waals surface area contributed by atoms with Crippen LogP contribution >= 0.6 is 0 Å². The van der Waals surface area contributed by atoms with Crippen molar-refractivity contribution in [3.8, 4) is 28.6 Å². The largest absolute Gasteiger partial charge is 0.490 e. The van der Waals surface area contributed by atoms with Crippen LogP contribution in [0.25, 0.3) is 22.8 Å². The molecule has 0 aliphatic heterocycles. The summed E-state index contributed by atoms with van der Waals surface area (Å²) in [4.78, 5) is 9.46. The average molecular weight is 511 g/mol. The topological polar surface area (TPSA) is 134 Å². The molecule has 1 aromatic carbocycles. The van der Waals surface area contributed by atoms with Crippen molar-refractivity contribution >= 4 is 0 Å². The Morgan fingerprint density at radius 1 is 1.05 bits per heavy atom. The molecule has 3 aromatic rings. The molecule has 0 radical (unpaired) electrons. The lowest BCUT2D eigenvalue weighted by Crippen LogP contribution is -2.42. The molecule has 1 saturated carbocycles. The quantitative estimate of drug-likeness (QED) is 0.289.